The normalized spacial score (nSPS) is 21.3. The Morgan fingerprint density at radius 3 is 2.41 bits per heavy atom. The third kappa shape index (κ3) is 4.53. The number of nitrogens with zero attached hydrogens (tertiary/aromatic N) is 3. The van der Waals surface area contributed by atoms with Gasteiger partial charge in [-0.3, -0.25) is 0 Å². The second-order valence-corrected chi connectivity index (χ2v) is 8.43. The van der Waals surface area contributed by atoms with Gasteiger partial charge in [-0.05, 0) is 32.4 Å². The summed E-state index contributed by atoms with van der Waals surface area (Å²) in [6.45, 7) is 17.6. The summed E-state index contributed by atoms with van der Waals surface area (Å²) in [4.78, 5) is 9.82. The molecular weight excluding hydrogens is 451 g/mol. The molecule has 0 amide bonds. The number of hydrogen-bond acceptors (Lipinski definition) is 3. The highest BCUT2D eigenvalue weighted by Crippen LogP contribution is 2.46. The molecular formula is C21H35IN4O. The summed E-state index contributed by atoms with van der Waals surface area (Å²) in [7, 11) is 0. The van der Waals surface area contributed by atoms with E-state index in [0.717, 1.165) is 45.4 Å². The van der Waals surface area contributed by atoms with Crippen molar-refractivity contribution in [2.75, 3.05) is 44.3 Å². The molecule has 0 aromatic heterocycles. The van der Waals surface area contributed by atoms with E-state index < -0.39 is 0 Å². The van der Waals surface area contributed by atoms with Gasteiger partial charge in [-0.15, -0.1) is 24.0 Å². The number of halogens is 1. The number of ether oxygens (including phenoxy) is 1. The minimum absolute atomic E-state index is 0. The van der Waals surface area contributed by atoms with Gasteiger partial charge >= 0.3 is 0 Å². The fourth-order valence-corrected chi connectivity index (χ4v) is 3.71. The van der Waals surface area contributed by atoms with Gasteiger partial charge in [-0.2, -0.15) is 0 Å². The molecule has 2 fully saturated rings. The van der Waals surface area contributed by atoms with E-state index in [1.807, 2.05) is 0 Å². The number of guanidine groups is 1. The maximum Gasteiger partial charge on any atom is 0.194 e. The molecule has 0 atom stereocenters. The lowest BCUT2D eigenvalue weighted by Gasteiger charge is -2.62. The van der Waals surface area contributed by atoms with Crippen molar-refractivity contribution in [1.29, 1.82) is 0 Å². The summed E-state index contributed by atoms with van der Waals surface area (Å²) in [5.74, 6) is 1.02. The van der Waals surface area contributed by atoms with E-state index in [1.54, 1.807) is 0 Å². The first-order valence-electron chi connectivity index (χ1n) is 9.83. The van der Waals surface area contributed by atoms with Crippen LogP contribution in [-0.4, -0.2) is 55.8 Å². The third-order valence-corrected chi connectivity index (χ3v) is 6.22. The molecule has 0 radical (unpaired) electrons. The number of anilines is 1. The van der Waals surface area contributed by atoms with Crippen molar-refractivity contribution in [3.63, 3.8) is 0 Å². The Labute approximate surface area is 181 Å². The average Bonchev–Trinajstić information content (AvgIpc) is 2.64. The highest BCUT2D eigenvalue weighted by molar-refractivity contribution is 14.0. The fourth-order valence-electron chi connectivity index (χ4n) is 3.71. The highest BCUT2D eigenvalue weighted by Gasteiger charge is 2.53. The smallest absolute Gasteiger partial charge is 0.194 e. The molecule has 0 bridgehead atoms. The van der Waals surface area contributed by atoms with E-state index >= 15 is 0 Å². The van der Waals surface area contributed by atoms with Gasteiger partial charge in [0.1, 0.15) is 0 Å². The lowest BCUT2D eigenvalue weighted by atomic mass is 9.65. The van der Waals surface area contributed by atoms with Crippen LogP contribution in [0.1, 0.15) is 40.2 Å². The number of para-hydroxylation sites is 1. The maximum atomic E-state index is 5.50. The van der Waals surface area contributed by atoms with Gasteiger partial charge in [0.2, 0.25) is 0 Å². The number of aliphatic imine (C=N–C) groups is 1. The number of likely N-dealkylation sites (tertiary alicyclic amines) is 1. The van der Waals surface area contributed by atoms with Gasteiger partial charge in [0.05, 0.1) is 19.8 Å². The summed E-state index contributed by atoms with van der Waals surface area (Å²) in [5.41, 5.74) is 2.98. The van der Waals surface area contributed by atoms with E-state index in [1.165, 1.54) is 11.3 Å². The Bertz CT molecular complexity index is 653. The van der Waals surface area contributed by atoms with Gasteiger partial charge in [0, 0.05) is 42.8 Å². The van der Waals surface area contributed by atoms with Gasteiger partial charge in [0.25, 0.3) is 0 Å². The predicted octanol–water partition coefficient (Wildman–Crippen LogP) is 3.73. The van der Waals surface area contributed by atoms with Crippen molar-refractivity contribution in [1.82, 2.24) is 10.2 Å². The van der Waals surface area contributed by atoms with Crippen molar-refractivity contribution < 1.29 is 4.74 Å². The molecule has 2 aliphatic rings. The summed E-state index contributed by atoms with van der Waals surface area (Å²) < 4.78 is 5.50. The minimum Gasteiger partial charge on any atom is -0.378 e. The Kier molecular flexibility index (Phi) is 7.41. The summed E-state index contributed by atoms with van der Waals surface area (Å²) in [5, 5.41) is 3.49. The highest BCUT2D eigenvalue weighted by atomic mass is 127. The second-order valence-electron chi connectivity index (χ2n) is 8.43. The van der Waals surface area contributed by atoms with Crippen molar-refractivity contribution in [2.45, 2.75) is 46.7 Å². The standard InChI is InChI=1S/C21H34N4O.HI/c1-6-22-19(25-16-20(2,3)21(25,4)5)23-15-17-9-7-8-10-18(17)24-11-13-26-14-12-24;/h7-10H,6,11-16H2,1-5H3,(H,22,23);1H. The van der Waals surface area contributed by atoms with E-state index in [2.05, 4.69) is 74.0 Å². The molecule has 5 nitrogen and oxygen atoms in total. The van der Waals surface area contributed by atoms with Crippen LogP contribution < -0.4 is 10.2 Å². The molecule has 1 aromatic rings. The molecule has 0 spiro atoms. The van der Waals surface area contributed by atoms with Crippen LogP contribution in [0, 0.1) is 5.41 Å². The van der Waals surface area contributed by atoms with Crippen LogP contribution in [0.15, 0.2) is 29.3 Å². The second kappa shape index (κ2) is 8.99. The van der Waals surface area contributed by atoms with Crippen molar-refractivity contribution in [2.24, 2.45) is 10.4 Å². The van der Waals surface area contributed by atoms with E-state index in [4.69, 9.17) is 9.73 Å². The number of benzene rings is 1. The molecule has 0 unspecified atom stereocenters. The zero-order valence-electron chi connectivity index (χ0n) is 17.4. The third-order valence-electron chi connectivity index (χ3n) is 6.22. The number of nitrogens with one attached hydrogen (secondary N) is 1. The largest absolute Gasteiger partial charge is 0.378 e. The van der Waals surface area contributed by atoms with Gasteiger partial charge in [0.15, 0.2) is 5.96 Å². The molecule has 2 aliphatic heterocycles. The topological polar surface area (TPSA) is 40.1 Å². The Hall–Kier alpha value is -1.02. The summed E-state index contributed by atoms with van der Waals surface area (Å²) >= 11 is 0. The van der Waals surface area contributed by atoms with Crippen LogP contribution in [0.25, 0.3) is 0 Å². The van der Waals surface area contributed by atoms with Crippen LogP contribution in [0.2, 0.25) is 0 Å². The molecule has 0 aliphatic carbocycles. The van der Waals surface area contributed by atoms with Crippen LogP contribution in [-0.2, 0) is 11.3 Å². The minimum atomic E-state index is 0. The van der Waals surface area contributed by atoms with Crippen LogP contribution in [0.4, 0.5) is 5.69 Å². The lowest BCUT2D eigenvalue weighted by molar-refractivity contribution is -0.0667. The van der Waals surface area contributed by atoms with E-state index in [9.17, 15) is 0 Å². The van der Waals surface area contributed by atoms with Crippen LogP contribution in [0.5, 0.6) is 0 Å². The number of morpholine rings is 1. The Balaban J connectivity index is 0.00000261. The molecule has 3 rings (SSSR count). The summed E-state index contributed by atoms with van der Waals surface area (Å²) in [6.07, 6.45) is 0. The summed E-state index contributed by atoms with van der Waals surface area (Å²) in [6, 6.07) is 8.63. The molecule has 152 valence electrons. The lowest BCUT2D eigenvalue weighted by Crippen LogP contribution is -2.72. The fraction of sp³-hybridized carbons (Fsp3) is 0.667. The monoisotopic (exact) mass is 486 g/mol. The van der Waals surface area contributed by atoms with Crippen molar-refractivity contribution in [3.05, 3.63) is 29.8 Å². The quantitative estimate of drug-likeness (QED) is 0.400. The molecule has 0 saturated carbocycles. The molecule has 2 heterocycles. The number of rotatable bonds is 4. The zero-order valence-corrected chi connectivity index (χ0v) is 19.7. The van der Waals surface area contributed by atoms with E-state index in [0.29, 0.717) is 12.0 Å². The molecule has 27 heavy (non-hydrogen) atoms. The van der Waals surface area contributed by atoms with Crippen molar-refractivity contribution >= 4 is 35.6 Å². The zero-order chi connectivity index (χ0) is 18.8. The molecule has 6 heteroatoms. The van der Waals surface area contributed by atoms with Crippen LogP contribution in [0.3, 0.4) is 0 Å². The van der Waals surface area contributed by atoms with Gasteiger partial charge in [-0.25, -0.2) is 4.99 Å². The SMILES string of the molecule is CCNC(=NCc1ccccc1N1CCOCC1)N1CC(C)(C)C1(C)C.I. The molecule has 1 aromatic carbocycles. The van der Waals surface area contributed by atoms with Gasteiger partial charge in [-0.1, -0.05) is 32.0 Å². The first-order valence-corrected chi connectivity index (χ1v) is 9.83. The van der Waals surface area contributed by atoms with Crippen molar-refractivity contribution in [3.8, 4) is 0 Å². The van der Waals surface area contributed by atoms with Crippen LogP contribution >= 0.6 is 24.0 Å². The maximum absolute atomic E-state index is 5.50. The Morgan fingerprint density at radius 1 is 1.15 bits per heavy atom. The first kappa shape index (κ1) is 22.3. The Morgan fingerprint density at radius 2 is 1.81 bits per heavy atom. The van der Waals surface area contributed by atoms with E-state index in [-0.39, 0.29) is 29.5 Å². The number of hydrogen-bond donors (Lipinski definition) is 1. The van der Waals surface area contributed by atoms with Gasteiger partial charge < -0.3 is 19.9 Å². The molecule has 1 N–H and O–H groups in total. The predicted molar refractivity (Wildman–Crippen MR) is 124 cm³/mol. The average molecular weight is 486 g/mol. The first-order chi connectivity index (χ1) is 12.4. The molecule has 2 saturated heterocycles.